The first kappa shape index (κ1) is 15.8. The van der Waals surface area contributed by atoms with Crippen LogP contribution in [0.2, 0.25) is 0 Å². The summed E-state index contributed by atoms with van der Waals surface area (Å²) in [5.41, 5.74) is 2.86. The summed E-state index contributed by atoms with van der Waals surface area (Å²) in [6, 6.07) is 15.2. The van der Waals surface area contributed by atoms with Gasteiger partial charge in [-0.25, -0.2) is 0 Å². The molecule has 5 nitrogen and oxygen atoms in total. The smallest absolute Gasteiger partial charge is 0.278 e. The van der Waals surface area contributed by atoms with Crippen LogP contribution in [0.4, 0.5) is 5.69 Å². The Morgan fingerprint density at radius 2 is 2.04 bits per heavy atom. The summed E-state index contributed by atoms with van der Waals surface area (Å²) in [5.74, 6) is 1.86. The number of carbonyl (C=O) groups is 1. The quantitative estimate of drug-likeness (QED) is 0.743. The van der Waals surface area contributed by atoms with Crippen molar-refractivity contribution in [3.8, 4) is 17.1 Å². The molecule has 1 aliphatic heterocycles. The molecule has 126 valence electrons. The number of rotatable bonds is 4. The van der Waals surface area contributed by atoms with Gasteiger partial charge in [-0.3, -0.25) is 4.79 Å². The predicted molar refractivity (Wildman–Crippen MR) is 97.1 cm³/mol. The first-order chi connectivity index (χ1) is 12.3. The molecule has 0 aliphatic carbocycles. The molecule has 0 saturated heterocycles. The lowest BCUT2D eigenvalue weighted by molar-refractivity contribution is 0.101. The fourth-order valence-corrected chi connectivity index (χ4v) is 3.81. The number of benzene rings is 2. The summed E-state index contributed by atoms with van der Waals surface area (Å²) in [6.07, 6.45) is 0. The van der Waals surface area contributed by atoms with Crippen molar-refractivity contribution in [2.75, 3.05) is 11.9 Å². The van der Waals surface area contributed by atoms with E-state index in [0.29, 0.717) is 29.5 Å². The molecule has 0 spiro atoms. The van der Waals surface area contributed by atoms with Crippen molar-refractivity contribution in [1.29, 1.82) is 0 Å². The van der Waals surface area contributed by atoms with Gasteiger partial charge in [-0.2, -0.15) is 0 Å². The lowest BCUT2D eigenvalue weighted by atomic mass is 10.1. The largest absolute Gasteiger partial charge is 0.494 e. The lowest BCUT2D eigenvalue weighted by Gasteiger charge is -2.13. The third kappa shape index (κ3) is 3.00. The van der Waals surface area contributed by atoms with Gasteiger partial charge in [0.1, 0.15) is 5.75 Å². The number of fused-ring (bicyclic) bond motifs is 3. The van der Waals surface area contributed by atoms with Crippen LogP contribution >= 0.6 is 11.8 Å². The van der Waals surface area contributed by atoms with Crippen LogP contribution in [0.3, 0.4) is 0 Å². The fraction of sp³-hybridized carbons (Fsp3) is 0.158. The van der Waals surface area contributed by atoms with E-state index in [1.54, 1.807) is 23.9 Å². The van der Waals surface area contributed by atoms with E-state index >= 15 is 0 Å². The number of anilines is 1. The van der Waals surface area contributed by atoms with Crippen LogP contribution in [-0.4, -0.2) is 17.7 Å². The minimum Gasteiger partial charge on any atom is -0.494 e. The summed E-state index contributed by atoms with van der Waals surface area (Å²) in [6.45, 7) is 2.54. The average Bonchev–Trinajstić information content (AvgIpc) is 3.08. The molecular weight excluding hydrogens is 336 g/mol. The molecule has 0 fully saturated rings. The Labute approximate surface area is 149 Å². The molecule has 0 atom stereocenters. The van der Waals surface area contributed by atoms with Crippen LogP contribution in [0.1, 0.15) is 23.0 Å². The summed E-state index contributed by atoms with van der Waals surface area (Å²) in [7, 11) is 0. The van der Waals surface area contributed by atoms with Gasteiger partial charge in [0.25, 0.3) is 5.91 Å². The van der Waals surface area contributed by atoms with Crippen molar-refractivity contribution in [3.63, 3.8) is 0 Å². The Bertz CT molecular complexity index is 919. The molecule has 1 N–H and O–H groups in total. The highest BCUT2D eigenvalue weighted by molar-refractivity contribution is 7.98. The molecule has 4 rings (SSSR count). The highest BCUT2D eigenvalue weighted by Gasteiger charge is 2.27. The Hall–Kier alpha value is -2.73. The van der Waals surface area contributed by atoms with E-state index in [4.69, 9.17) is 9.26 Å². The lowest BCUT2D eigenvalue weighted by Crippen LogP contribution is -2.14. The highest BCUT2D eigenvalue weighted by Crippen LogP contribution is 2.42. The maximum absolute atomic E-state index is 12.6. The average molecular weight is 352 g/mol. The molecule has 0 radical (unpaired) electrons. The summed E-state index contributed by atoms with van der Waals surface area (Å²) in [5, 5.41) is 6.88. The van der Waals surface area contributed by atoms with E-state index in [9.17, 15) is 4.79 Å². The SMILES string of the molecule is CCOc1ccc(NC(=O)c2noc3c2CSc2ccccc2-3)cc1. The molecule has 25 heavy (non-hydrogen) atoms. The second-order valence-electron chi connectivity index (χ2n) is 5.54. The highest BCUT2D eigenvalue weighted by atomic mass is 32.2. The maximum atomic E-state index is 12.6. The first-order valence-electron chi connectivity index (χ1n) is 8.01. The first-order valence-corrected chi connectivity index (χ1v) is 9.00. The minimum atomic E-state index is -0.269. The molecule has 3 aromatic rings. The van der Waals surface area contributed by atoms with E-state index < -0.39 is 0 Å². The van der Waals surface area contributed by atoms with Crippen LogP contribution in [-0.2, 0) is 5.75 Å². The van der Waals surface area contributed by atoms with E-state index in [-0.39, 0.29) is 5.91 Å². The van der Waals surface area contributed by atoms with Crippen LogP contribution in [0.5, 0.6) is 5.75 Å². The van der Waals surface area contributed by atoms with Crippen molar-refractivity contribution in [2.45, 2.75) is 17.6 Å². The summed E-state index contributed by atoms with van der Waals surface area (Å²) >= 11 is 1.68. The minimum absolute atomic E-state index is 0.269. The van der Waals surface area contributed by atoms with E-state index in [0.717, 1.165) is 21.8 Å². The van der Waals surface area contributed by atoms with Crippen LogP contribution in [0, 0.1) is 0 Å². The Kier molecular flexibility index (Phi) is 4.19. The zero-order valence-electron chi connectivity index (χ0n) is 13.6. The number of aromatic nitrogens is 1. The van der Waals surface area contributed by atoms with E-state index in [1.165, 1.54) is 0 Å². The molecule has 1 aliphatic rings. The van der Waals surface area contributed by atoms with Gasteiger partial charge in [-0.15, -0.1) is 11.8 Å². The topological polar surface area (TPSA) is 64.4 Å². The van der Waals surface area contributed by atoms with Gasteiger partial charge >= 0.3 is 0 Å². The van der Waals surface area contributed by atoms with Gasteiger partial charge < -0.3 is 14.6 Å². The van der Waals surface area contributed by atoms with Crippen molar-refractivity contribution in [2.24, 2.45) is 0 Å². The second kappa shape index (κ2) is 6.64. The number of nitrogens with one attached hydrogen (secondary N) is 1. The standard InChI is InChI=1S/C19H16N2O3S/c1-2-23-13-9-7-12(8-10-13)20-19(22)17-15-11-25-16-6-4-3-5-14(16)18(15)24-21-17/h3-10H,2,11H2,1H3,(H,20,22). The number of nitrogens with zero attached hydrogens (tertiary/aromatic N) is 1. The number of hydrogen-bond acceptors (Lipinski definition) is 5. The zero-order chi connectivity index (χ0) is 17.2. The summed E-state index contributed by atoms with van der Waals surface area (Å²) in [4.78, 5) is 13.7. The fourth-order valence-electron chi connectivity index (χ4n) is 2.75. The maximum Gasteiger partial charge on any atom is 0.278 e. The third-order valence-corrected chi connectivity index (χ3v) is 5.03. The molecule has 2 heterocycles. The Morgan fingerprint density at radius 1 is 1.24 bits per heavy atom. The molecule has 6 heteroatoms. The van der Waals surface area contributed by atoms with Crippen molar-refractivity contribution in [3.05, 3.63) is 59.8 Å². The van der Waals surface area contributed by atoms with Crippen LogP contribution in [0.15, 0.2) is 57.9 Å². The number of hydrogen-bond donors (Lipinski definition) is 1. The molecule has 1 amide bonds. The van der Waals surface area contributed by atoms with Crippen LogP contribution < -0.4 is 10.1 Å². The monoisotopic (exact) mass is 352 g/mol. The number of amides is 1. The zero-order valence-corrected chi connectivity index (χ0v) is 14.4. The van der Waals surface area contributed by atoms with Crippen LogP contribution in [0.25, 0.3) is 11.3 Å². The van der Waals surface area contributed by atoms with E-state index in [2.05, 4.69) is 10.5 Å². The number of ether oxygens (including phenoxy) is 1. The molecule has 0 unspecified atom stereocenters. The molecule has 2 aromatic carbocycles. The van der Waals surface area contributed by atoms with Gasteiger partial charge in [-0.1, -0.05) is 17.3 Å². The van der Waals surface area contributed by atoms with Gasteiger partial charge in [0.05, 0.1) is 6.61 Å². The normalized spacial score (nSPS) is 12.2. The van der Waals surface area contributed by atoms with Gasteiger partial charge in [0.2, 0.25) is 0 Å². The van der Waals surface area contributed by atoms with E-state index in [1.807, 2.05) is 43.3 Å². The van der Waals surface area contributed by atoms with Crippen molar-refractivity contribution >= 4 is 23.4 Å². The second-order valence-corrected chi connectivity index (χ2v) is 6.55. The van der Waals surface area contributed by atoms with Gasteiger partial charge in [-0.05, 0) is 43.3 Å². The molecule has 0 bridgehead atoms. The summed E-state index contributed by atoms with van der Waals surface area (Å²) < 4.78 is 10.9. The Balaban J connectivity index is 1.57. The molecule has 1 aromatic heterocycles. The third-order valence-electron chi connectivity index (χ3n) is 3.93. The number of thioether (sulfide) groups is 1. The molecule has 0 saturated carbocycles. The van der Waals surface area contributed by atoms with Crippen molar-refractivity contribution < 1.29 is 14.1 Å². The van der Waals surface area contributed by atoms with Gasteiger partial charge in [0.15, 0.2) is 11.5 Å². The number of carbonyl (C=O) groups excluding carboxylic acids is 1. The molecular formula is C19H16N2O3S. The Morgan fingerprint density at radius 3 is 2.84 bits per heavy atom. The predicted octanol–water partition coefficient (Wildman–Crippen LogP) is 4.60. The van der Waals surface area contributed by atoms with Gasteiger partial charge in [0, 0.05) is 27.5 Å². The van der Waals surface area contributed by atoms with Crippen molar-refractivity contribution in [1.82, 2.24) is 5.16 Å².